The molecule has 0 aliphatic rings. The third-order valence-electron chi connectivity index (χ3n) is 3.54. The van der Waals surface area contributed by atoms with Gasteiger partial charge in [-0.1, -0.05) is 29.8 Å². The van der Waals surface area contributed by atoms with E-state index in [1.807, 2.05) is 45.0 Å². The molecule has 0 atom stereocenters. The molecule has 0 unspecified atom stereocenters. The first-order valence-corrected chi connectivity index (χ1v) is 8.52. The fourth-order valence-corrected chi connectivity index (χ4v) is 3.54. The van der Waals surface area contributed by atoms with Gasteiger partial charge >= 0.3 is 0 Å². The molecular formula is C17H21NO3S. The maximum absolute atomic E-state index is 12.4. The number of hydrogen-bond donors (Lipinski definition) is 1. The summed E-state index contributed by atoms with van der Waals surface area (Å²) in [4.78, 5) is 0.260. The predicted molar refractivity (Wildman–Crippen MR) is 87.7 cm³/mol. The molecule has 0 amide bonds. The Morgan fingerprint density at radius 2 is 1.55 bits per heavy atom. The summed E-state index contributed by atoms with van der Waals surface area (Å²) >= 11 is 0. The number of aryl methyl sites for hydroxylation is 3. The number of rotatable bonds is 5. The van der Waals surface area contributed by atoms with E-state index >= 15 is 0 Å². The minimum absolute atomic E-state index is 0.260. The monoisotopic (exact) mass is 319 g/mol. The fraction of sp³-hybridized carbons (Fsp3) is 0.294. The van der Waals surface area contributed by atoms with Crippen LogP contribution in [-0.4, -0.2) is 15.5 Å². The summed E-state index contributed by atoms with van der Waals surface area (Å²) in [6, 6.07) is 11.0. The Morgan fingerprint density at radius 3 is 2.05 bits per heavy atom. The Balaban J connectivity index is 2.22. The Kier molecular flexibility index (Phi) is 4.88. The number of methoxy groups -OCH3 is 1. The quantitative estimate of drug-likeness (QED) is 0.921. The molecule has 22 heavy (non-hydrogen) atoms. The van der Waals surface area contributed by atoms with Gasteiger partial charge in [-0.25, -0.2) is 13.1 Å². The second kappa shape index (κ2) is 6.50. The van der Waals surface area contributed by atoms with E-state index < -0.39 is 10.0 Å². The van der Waals surface area contributed by atoms with Crippen molar-refractivity contribution in [3.05, 3.63) is 58.7 Å². The highest BCUT2D eigenvalue weighted by atomic mass is 32.2. The van der Waals surface area contributed by atoms with Gasteiger partial charge in [-0.05, 0) is 49.6 Å². The van der Waals surface area contributed by atoms with E-state index in [2.05, 4.69) is 4.72 Å². The van der Waals surface area contributed by atoms with Crippen LogP contribution in [0.3, 0.4) is 0 Å². The van der Waals surface area contributed by atoms with E-state index in [0.717, 1.165) is 28.0 Å². The molecule has 1 N–H and O–H groups in total. The fourth-order valence-electron chi connectivity index (χ4n) is 2.36. The highest BCUT2D eigenvalue weighted by molar-refractivity contribution is 7.89. The van der Waals surface area contributed by atoms with E-state index in [1.165, 1.54) is 0 Å². The van der Waals surface area contributed by atoms with Crippen LogP contribution in [-0.2, 0) is 16.6 Å². The summed E-state index contributed by atoms with van der Waals surface area (Å²) < 4.78 is 32.8. The van der Waals surface area contributed by atoms with E-state index in [0.29, 0.717) is 0 Å². The zero-order valence-corrected chi connectivity index (χ0v) is 14.1. The van der Waals surface area contributed by atoms with Crippen molar-refractivity contribution in [2.24, 2.45) is 0 Å². The second-order valence-electron chi connectivity index (χ2n) is 5.40. The molecule has 0 bridgehead atoms. The summed E-state index contributed by atoms with van der Waals surface area (Å²) in [7, 11) is -1.96. The van der Waals surface area contributed by atoms with Crippen LogP contribution >= 0.6 is 0 Å². The highest BCUT2D eigenvalue weighted by Gasteiger charge is 2.17. The van der Waals surface area contributed by atoms with Crippen molar-refractivity contribution in [2.75, 3.05) is 7.11 Å². The molecule has 0 aliphatic carbocycles. The molecule has 4 nitrogen and oxygen atoms in total. The van der Waals surface area contributed by atoms with Crippen LogP contribution < -0.4 is 9.46 Å². The molecule has 0 saturated carbocycles. The van der Waals surface area contributed by atoms with E-state index in [4.69, 9.17) is 4.74 Å². The summed E-state index contributed by atoms with van der Waals surface area (Å²) in [5.41, 5.74) is 3.68. The molecule has 0 aliphatic heterocycles. The van der Waals surface area contributed by atoms with Crippen LogP contribution in [0.15, 0.2) is 41.3 Å². The molecule has 5 heteroatoms. The maximum atomic E-state index is 12.4. The van der Waals surface area contributed by atoms with Crippen LogP contribution in [0.1, 0.15) is 22.3 Å². The van der Waals surface area contributed by atoms with Crippen LogP contribution in [0, 0.1) is 20.8 Å². The standard InChI is InChI=1S/C17H21NO3S/c1-12-5-7-15(8-6-12)11-18-22(19,20)16-9-13(2)17(21-4)14(3)10-16/h5-10,18H,11H2,1-4H3. The largest absolute Gasteiger partial charge is 0.496 e. The van der Waals surface area contributed by atoms with Crippen LogP contribution in [0.5, 0.6) is 5.75 Å². The van der Waals surface area contributed by atoms with Gasteiger partial charge in [-0.2, -0.15) is 0 Å². The minimum Gasteiger partial charge on any atom is -0.496 e. The van der Waals surface area contributed by atoms with Crippen molar-refractivity contribution < 1.29 is 13.2 Å². The van der Waals surface area contributed by atoms with Gasteiger partial charge in [-0.3, -0.25) is 0 Å². The van der Waals surface area contributed by atoms with Crippen molar-refractivity contribution in [3.8, 4) is 5.75 Å². The van der Waals surface area contributed by atoms with Gasteiger partial charge in [0.2, 0.25) is 10.0 Å². The van der Waals surface area contributed by atoms with Gasteiger partial charge in [-0.15, -0.1) is 0 Å². The number of ether oxygens (including phenoxy) is 1. The predicted octanol–water partition coefficient (Wildman–Crippen LogP) is 3.10. The number of nitrogens with one attached hydrogen (secondary N) is 1. The molecule has 118 valence electrons. The van der Waals surface area contributed by atoms with Gasteiger partial charge in [0, 0.05) is 6.54 Å². The molecule has 2 aromatic carbocycles. The van der Waals surface area contributed by atoms with Gasteiger partial charge in [0.1, 0.15) is 5.75 Å². The third-order valence-corrected chi connectivity index (χ3v) is 4.92. The average Bonchev–Trinajstić information content (AvgIpc) is 2.46. The van der Waals surface area contributed by atoms with Gasteiger partial charge in [0.25, 0.3) is 0 Å². The molecule has 2 aromatic rings. The SMILES string of the molecule is COc1c(C)cc(S(=O)(=O)NCc2ccc(C)cc2)cc1C. The van der Waals surface area contributed by atoms with Crippen LogP contribution in [0.2, 0.25) is 0 Å². The zero-order valence-electron chi connectivity index (χ0n) is 13.3. The molecule has 0 heterocycles. The van der Waals surface area contributed by atoms with Crippen molar-refractivity contribution in [1.82, 2.24) is 4.72 Å². The van der Waals surface area contributed by atoms with Crippen LogP contribution in [0.4, 0.5) is 0 Å². The molecule has 0 saturated heterocycles. The lowest BCUT2D eigenvalue weighted by Gasteiger charge is -2.12. The third kappa shape index (κ3) is 3.67. The molecule has 0 aromatic heterocycles. The molecular weight excluding hydrogens is 298 g/mol. The lowest BCUT2D eigenvalue weighted by atomic mass is 10.1. The summed E-state index contributed by atoms with van der Waals surface area (Å²) in [6.45, 7) is 5.94. The Bertz CT molecular complexity index is 742. The maximum Gasteiger partial charge on any atom is 0.240 e. The Hall–Kier alpha value is -1.85. The van der Waals surface area contributed by atoms with Gasteiger partial charge < -0.3 is 4.74 Å². The van der Waals surface area contributed by atoms with Crippen molar-refractivity contribution in [3.63, 3.8) is 0 Å². The second-order valence-corrected chi connectivity index (χ2v) is 7.17. The first-order chi connectivity index (χ1) is 10.3. The molecule has 0 spiro atoms. The number of sulfonamides is 1. The van der Waals surface area contributed by atoms with E-state index in [1.54, 1.807) is 19.2 Å². The number of hydrogen-bond acceptors (Lipinski definition) is 3. The molecule has 0 fully saturated rings. The van der Waals surface area contributed by atoms with Crippen molar-refractivity contribution >= 4 is 10.0 Å². The van der Waals surface area contributed by atoms with Crippen LogP contribution in [0.25, 0.3) is 0 Å². The van der Waals surface area contributed by atoms with Crippen molar-refractivity contribution in [2.45, 2.75) is 32.2 Å². The first kappa shape index (κ1) is 16.5. The first-order valence-electron chi connectivity index (χ1n) is 7.04. The Labute approximate surface area is 132 Å². The minimum atomic E-state index is -3.54. The van der Waals surface area contributed by atoms with E-state index in [-0.39, 0.29) is 11.4 Å². The molecule has 2 rings (SSSR count). The summed E-state index contributed by atoms with van der Waals surface area (Å²) in [5.74, 6) is 0.720. The summed E-state index contributed by atoms with van der Waals surface area (Å²) in [6.07, 6.45) is 0. The zero-order chi connectivity index (χ0) is 16.3. The smallest absolute Gasteiger partial charge is 0.240 e. The van der Waals surface area contributed by atoms with Gasteiger partial charge in [0.15, 0.2) is 0 Å². The Morgan fingerprint density at radius 1 is 1.00 bits per heavy atom. The van der Waals surface area contributed by atoms with Crippen molar-refractivity contribution in [1.29, 1.82) is 0 Å². The topological polar surface area (TPSA) is 55.4 Å². The van der Waals surface area contributed by atoms with Gasteiger partial charge in [0.05, 0.1) is 12.0 Å². The average molecular weight is 319 g/mol. The van der Waals surface area contributed by atoms with E-state index in [9.17, 15) is 8.42 Å². The molecule has 0 radical (unpaired) electrons. The normalized spacial score (nSPS) is 11.5. The highest BCUT2D eigenvalue weighted by Crippen LogP contribution is 2.26. The lowest BCUT2D eigenvalue weighted by Crippen LogP contribution is -2.23. The lowest BCUT2D eigenvalue weighted by molar-refractivity contribution is 0.408. The number of benzene rings is 2. The summed E-state index contributed by atoms with van der Waals surface area (Å²) in [5, 5.41) is 0.